The standard InChI is InChI=1S/C18H22O6/c1-4-18(17(23)6-11(3)20)9-24-16-8-15(22)14(21)7-12(16)13(18)5-10(2)19/h6-8,13,20-22H,4-5,9H2,1-3H3/b11-6-. The van der Waals surface area contributed by atoms with E-state index in [0.29, 0.717) is 17.7 Å². The van der Waals surface area contributed by atoms with Crippen molar-refractivity contribution in [3.05, 3.63) is 29.5 Å². The zero-order valence-electron chi connectivity index (χ0n) is 14.0. The van der Waals surface area contributed by atoms with Crippen LogP contribution in [0.2, 0.25) is 0 Å². The summed E-state index contributed by atoms with van der Waals surface area (Å²) in [6.45, 7) is 4.69. The topological polar surface area (TPSA) is 104 Å². The van der Waals surface area contributed by atoms with Crippen LogP contribution < -0.4 is 4.74 Å². The van der Waals surface area contributed by atoms with Crippen LogP contribution in [0, 0.1) is 5.41 Å². The van der Waals surface area contributed by atoms with Gasteiger partial charge in [-0.3, -0.25) is 4.79 Å². The second kappa shape index (κ2) is 6.55. The van der Waals surface area contributed by atoms with Crippen molar-refractivity contribution in [1.82, 2.24) is 0 Å². The second-order valence-corrected chi connectivity index (χ2v) is 6.29. The Morgan fingerprint density at radius 3 is 2.46 bits per heavy atom. The van der Waals surface area contributed by atoms with Gasteiger partial charge in [-0.2, -0.15) is 0 Å². The molecule has 6 nitrogen and oxygen atoms in total. The zero-order valence-corrected chi connectivity index (χ0v) is 14.0. The number of aliphatic hydroxyl groups excluding tert-OH is 1. The molecule has 1 aliphatic rings. The molecule has 24 heavy (non-hydrogen) atoms. The van der Waals surface area contributed by atoms with E-state index in [0.717, 1.165) is 6.08 Å². The number of fused-ring (bicyclic) bond motifs is 1. The first-order valence-corrected chi connectivity index (χ1v) is 7.81. The lowest BCUT2D eigenvalue weighted by Crippen LogP contribution is -2.45. The molecule has 3 N–H and O–H groups in total. The Hall–Kier alpha value is -2.50. The molecule has 1 aromatic rings. The predicted molar refractivity (Wildman–Crippen MR) is 87.4 cm³/mol. The summed E-state index contributed by atoms with van der Waals surface area (Å²) in [4.78, 5) is 24.6. The lowest BCUT2D eigenvalue weighted by atomic mass is 9.64. The number of carbonyl (C=O) groups excluding carboxylic acids is 2. The molecule has 0 saturated carbocycles. The molecule has 0 radical (unpaired) electrons. The number of hydrogen-bond acceptors (Lipinski definition) is 6. The number of ketones is 2. The van der Waals surface area contributed by atoms with E-state index in [1.54, 1.807) is 0 Å². The molecule has 0 spiro atoms. The Labute approximate surface area is 140 Å². The molecule has 0 fully saturated rings. The van der Waals surface area contributed by atoms with E-state index in [4.69, 9.17) is 4.74 Å². The van der Waals surface area contributed by atoms with Crippen LogP contribution in [0.3, 0.4) is 0 Å². The molecule has 2 rings (SSSR count). The predicted octanol–water partition coefficient (Wildman–Crippen LogP) is 2.98. The third-order valence-electron chi connectivity index (χ3n) is 4.59. The molecule has 1 aromatic carbocycles. The highest BCUT2D eigenvalue weighted by atomic mass is 16.5. The van der Waals surface area contributed by atoms with Gasteiger partial charge in [0.05, 0.1) is 11.2 Å². The van der Waals surface area contributed by atoms with Gasteiger partial charge in [-0.25, -0.2) is 0 Å². The van der Waals surface area contributed by atoms with E-state index in [2.05, 4.69) is 0 Å². The van der Waals surface area contributed by atoms with Gasteiger partial charge < -0.3 is 24.9 Å². The molecule has 0 amide bonds. The molecule has 0 aromatic heterocycles. The summed E-state index contributed by atoms with van der Waals surface area (Å²) < 4.78 is 5.67. The summed E-state index contributed by atoms with van der Waals surface area (Å²) >= 11 is 0. The van der Waals surface area contributed by atoms with Crippen LogP contribution in [0.25, 0.3) is 0 Å². The summed E-state index contributed by atoms with van der Waals surface area (Å²) in [7, 11) is 0. The summed E-state index contributed by atoms with van der Waals surface area (Å²) in [6, 6.07) is 2.62. The van der Waals surface area contributed by atoms with Crippen LogP contribution in [-0.2, 0) is 9.59 Å². The Bertz CT molecular complexity index is 702. The third kappa shape index (κ3) is 3.09. The van der Waals surface area contributed by atoms with E-state index in [9.17, 15) is 24.9 Å². The lowest BCUT2D eigenvalue weighted by Gasteiger charge is -2.42. The first kappa shape index (κ1) is 17.8. The van der Waals surface area contributed by atoms with Gasteiger partial charge in [0.15, 0.2) is 17.3 Å². The maximum atomic E-state index is 12.8. The molecule has 1 aliphatic heterocycles. The Balaban J connectivity index is 2.63. The second-order valence-electron chi connectivity index (χ2n) is 6.29. The number of carbonyl (C=O) groups is 2. The van der Waals surface area contributed by atoms with Crippen molar-refractivity contribution >= 4 is 11.6 Å². The number of ether oxygens (including phenoxy) is 1. The SMILES string of the molecule is CCC1(C(=O)/C=C(/C)O)COc2cc(O)c(O)cc2C1CC(C)=O. The maximum Gasteiger partial charge on any atom is 0.169 e. The van der Waals surface area contributed by atoms with Crippen molar-refractivity contribution in [1.29, 1.82) is 0 Å². The molecule has 2 atom stereocenters. The van der Waals surface area contributed by atoms with Gasteiger partial charge in [-0.15, -0.1) is 0 Å². The molecule has 0 saturated heterocycles. The maximum absolute atomic E-state index is 12.8. The number of benzene rings is 1. The van der Waals surface area contributed by atoms with Crippen molar-refractivity contribution in [2.45, 2.75) is 39.5 Å². The summed E-state index contributed by atoms with van der Waals surface area (Å²) in [6.07, 6.45) is 1.64. The van der Waals surface area contributed by atoms with Crippen LogP contribution in [0.4, 0.5) is 0 Å². The smallest absolute Gasteiger partial charge is 0.169 e. The average Bonchev–Trinajstić information content (AvgIpc) is 2.48. The van der Waals surface area contributed by atoms with E-state index >= 15 is 0 Å². The number of rotatable bonds is 5. The van der Waals surface area contributed by atoms with E-state index < -0.39 is 11.3 Å². The first-order valence-electron chi connectivity index (χ1n) is 7.81. The average molecular weight is 334 g/mol. The molecular weight excluding hydrogens is 312 g/mol. The number of allylic oxidation sites excluding steroid dienone is 2. The normalized spacial score (nSPS) is 23.3. The van der Waals surface area contributed by atoms with Crippen LogP contribution >= 0.6 is 0 Å². The summed E-state index contributed by atoms with van der Waals surface area (Å²) in [5, 5.41) is 28.9. The fourth-order valence-corrected chi connectivity index (χ4v) is 3.27. The highest BCUT2D eigenvalue weighted by Crippen LogP contribution is 2.51. The highest BCUT2D eigenvalue weighted by molar-refractivity contribution is 5.97. The molecule has 130 valence electrons. The van der Waals surface area contributed by atoms with Crippen LogP contribution in [0.1, 0.15) is 45.1 Å². The van der Waals surface area contributed by atoms with Crippen molar-refractivity contribution in [2.24, 2.45) is 5.41 Å². The molecule has 6 heteroatoms. The van der Waals surface area contributed by atoms with Crippen molar-refractivity contribution in [2.75, 3.05) is 6.61 Å². The minimum absolute atomic E-state index is 0.0290. The largest absolute Gasteiger partial charge is 0.512 e. The molecule has 0 bridgehead atoms. The Kier molecular flexibility index (Phi) is 4.87. The van der Waals surface area contributed by atoms with Gasteiger partial charge in [-0.1, -0.05) is 6.92 Å². The van der Waals surface area contributed by atoms with Gasteiger partial charge in [0, 0.05) is 30.0 Å². The number of aliphatic hydroxyl groups is 1. The molecule has 1 heterocycles. The summed E-state index contributed by atoms with van der Waals surface area (Å²) in [5.41, 5.74) is -0.516. The van der Waals surface area contributed by atoms with Gasteiger partial charge in [0.25, 0.3) is 0 Å². The fraction of sp³-hybridized carbons (Fsp3) is 0.444. The van der Waals surface area contributed by atoms with Crippen molar-refractivity contribution in [3.63, 3.8) is 0 Å². The third-order valence-corrected chi connectivity index (χ3v) is 4.59. The van der Waals surface area contributed by atoms with Crippen molar-refractivity contribution in [3.8, 4) is 17.2 Å². The number of Topliss-reactive ketones (excluding diaryl/α,β-unsaturated/α-hetero) is 1. The van der Waals surface area contributed by atoms with E-state index in [1.165, 1.54) is 26.0 Å². The van der Waals surface area contributed by atoms with E-state index in [1.807, 2.05) is 6.92 Å². The Morgan fingerprint density at radius 2 is 1.92 bits per heavy atom. The van der Waals surface area contributed by atoms with Crippen LogP contribution in [-0.4, -0.2) is 33.5 Å². The quantitative estimate of drug-likeness (QED) is 0.434. The van der Waals surface area contributed by atoms with Gasteiger partial charge in [0.1, 0.15) is 18.1 Å². The fourth-order valence-electron chi connectivity index (χ4n) is 3.27. The van der Waals surface area contributed by atoms with Gasteiger partial charge >= 0.3 is 0 Å². The minimum atomic E-state index is -1.02. The lowest BCUT2D eigenvalue weighted by molar-refractivity contribution is -0.130. The number of hydrogen-bond donors (Lipinski definition) is 3. The van der Waals surface area contributed by atoms with Gasteiger partial charge in [-0.05, 0) is 26.3 Å². The van der Waals surface area contributed by atoms with E-state index in [-0.39, 0.29) is 41.9 Å². The van der Waals surface area contributed by atoms with Crippen LogP contribution in [0.15, 0.2) is 24.0 Å². The zero-order chi connectivity index (χ0) is 18.1. The monoisotopic (exact) mass is 334 g/mol. The first-order chi connectivity index (χ1) is 11.2. The van der Waals surface area contributed by atoms with Crippen molar-refractivity contribution < 1.29 is 29.6 Å². The number of phenols is 2. The number of aromatic hydroxyl groups is 2. The van der Waals surface area contributed by atoms with Gasteiger partial charge in [0.2, 0.25) is 0 Å². The summed E-state index contributed by atoms with van der Waals surface area (Å²) in [5.74, 6) is -1.37. The highest BCUT2D eigenvalue weighted by Gasteiger charge is 2.49. The number of phenolic OH excluding ortho intramolecular Hbond substituents is 2. The van der Waals surface area contributed by atoms with Crippen LogP contribution in [0.5, 0.6) is 17.2 Å². The molecule has 2 unspecified atom stereocenters. The minimum Gasteiger partial charge on any atom is -0.512 e. The molecular formula is C18H22O6. The molecule has 0 aliphatic carbocycles. The Morgan fingerprint density at radius 1 is 1.29 bits per heavy atom.